The second-order valence-corrected chi connectivity index (χ2v) is 7.90. The summed E-state index contributed by atoms with van der Waals surface area (Å²) in [6, 6.07) is 8.40. The number of thioether (sulfide) groups is 1. The summed E-state index contributed by atoms with van der Waals surface area (Å²) in [6.07, 6.45) is 2.06. The number of rotatable bonds is 6. The van der Waals surface area contributed by atoms with Gasteiger partial charge in [-0.3, -0.25) is 9.36 Å². The molecule has 0 spiro atoms. The molecule has 0 N–H and O–H groups in total. The Balaban J connectivity index is 1.95. The van der Waals surface area contributed by atoms with Gasteiger partial charge in [0.05, 0.1) is 5.39 Å². The van der Waals surface area contributed by atoms with Crippen LogP contribution in [0.2, 0.25) is 0 Å². The summed E-state index contributed by atoms with van der Waals surface area (Å²) in [5.41, 5.74) is 3.95. The van der Waals surface area contributed by atoms with Crippen LogP contribution >= 0.6 is 23.1 Å². The van der Waals surface area contributed by atoms with E-state index in [1.807, 2.05) is 16.0 Å². The van der Waals surface area contributed by atoms with Crippen molar-refractivity contribution >= 4 is 33.3 Å². The van der Waals surface area contributed by atoms with Gasteiger partial charge in [0.1, 0.15) is 4.83 Å². The van der Waals surface area contributed by atoms with Gasteiger partial charge in [0.2, 0.25) is 0 Å². The molecule has 0 aliphatic carbocycles. The number of hydrogen-bond donors (Lipinski definition) is 0. The van der Waals surface area contributed by atoms with Crippen molar-refractivity contribution in [1.29, 1.82) is 0 Å². The quantitative estimate of drug-likeness (QED) is 0.450. The smallest absolute Gasteiger partial charge is 0.262 e. The van der Waals surface area contributed by atoms with E-state index in [0.29, 0.717) is 0 Å². The molecule has 0 atom stereocenters. The Morgan fingerprint density at radius 1 is 1.25 bits per heavy atom. The van der Waals surface area contributed by atoms with E-state index < -0.39 is 0 Å². The van der Waals surface area contributed by atoms with E-state index >= 15 is 0 Å². The van der Waals surface area contributed by atoms with Gasteiger partial charge in [0.15, 0.2) is 5.16 Å². The van der Waals surface area contributed by atoms with Crippen molar-refractivity contribution in [2.24, 2.45) is 0 Å². The molecule has 0 saturated carbocycles. The first-order valence-electron chi connectivity index (χ1n) is 8.27. The zero-order valence-corrected chi connectivity index (χ0v) is 16.0. The van der Waals surface area contributed by atoms with Crippen molar-refractivity contribution in [1.82, 2.24) is 9.55 Å². The summed E-state index contributed by atoms with van der Waals surface area (Å²) in [7, 11) is 0. The lowest BCUT2D eigenvalue weighted by atomic mass is 10.1. The highest BCUT2D eigenvalue weighted by Crippen LogP contribution is 2.26. The maximum atomic E-state index is 12.8. The van der Waals surface area contributed by atoms with Gasteiger partial charge in [0.25, 0.3) is 5.56 Å². The van der Waals surface area contributed by atoms with Gasteiger partial charge in [-0.2, -0.15) is 0 Å². The van der Waals surface area contributed by atoms with Gasteiger partial charge >= 0.3 is 0 Å². The molecule has 0 bridgehead atoms. The Bertz CT molecular complexity index is 911. The first-order chi connectivity index (χ1) is 11.6. The number of nitrogens with zero attached hydrogens (tertiary/aromatic N) is 2. The molecule has 0 saturated heterocycles. The first-order valence-corrected chi connectivity index (χ1v) is 10.1. The number of hydrogen-bond acceptors (Lipinski definition) is 4. The van der Waals surface area contributed by atoms with Gasteiger partial charge < -0.3 is 0 Å². The zero-order chi connectivity index (χ0) is 17.1. The van der Waals surface area contributed by atoms with Crippen LogP contribution in [0.4, 0.5) is 0 Å². The minimum Gasteiger partial charge on any atom is -0.287 e. The SMILES string of the molecule is CCCCn1c(SCc2cc(C)ccc2C)nc2sccc2c1=O. The van der Waals surface area contributed by atoms with Crippen molar-refractivity contribution in [2.75, 3.05) is 0 Å². The Morgan fingerprint density at radius 3 is 2.88 bits per heavy atom. The molecular weight excluding hydrogens is 336 g/mol. The van der Waals surface area contributed by atoms with Gasteiger partial charge in [-0.15, -0.1) is 11.3 Å². The number of unbranched alkanes of at least 4 members (excludes halogenated alkanes) is 1. The minimum absolute atomic E-state index is 0.0955. The fourth-order valence-corrected chi connectivity index (χ4v) is 4.55. The van der Waals surface area contributed by atoms with Gasteiger partial charge in [-0.1, -0.05) is 48.9 Å². The summed E-state index contributed by atoms with van der Waals surface area (Å²) in [4.78, 5) is 18.4. The average Bonchev–Trinajstić information content (AvgIpc) is 3.04. The Kier molecular flexibility index (Phi) is 5.41. The van der Waals surface area contributed by atoms with E-state index in [1.165, 1.54) is 28.0 Å². The molecular formula is C19H22N2OS2. The van der Waals surface area contributed by atoms with Crippen molar-refractivity contribution in [3.63, 3.8) is 0 Å². The number of aryl methyl sites for hydroxylation is 2. The van der Waals surface area contributed by atoms with E-state index in [2.05, 4.69) is 39.0 Å². The monoisotopic (exact) mass is 358 g/mol. The third-order valence-electron chi connectivity index (χ3n) is 4.15. The molecule has 3 rings (SSSR count). The predicted octanol–water partition coefficient (Wildman–Crippen LogP) is 5.17. The second kappa shape index (κ2) is 7.53. The molecule has 126 valence electrons. The Hall–Kier alpha value is -1.59. The Labute approximate surface area is 150 Å². The number of fused-ring (bicyclic) bond motifs is 1. The van der Waals surface area contributed by atoms with E-state index in [9.17, 15) is 4.79 Å². The minimum atomic E-state index is 0.0955. The highest BCUT2D eigenvalue weighted by molar-refractivity contribution is 7.98. The lowest BCUT2D eigenvalue weighted by Gasteiger charge is -2.12. The third-order valence-corrected chi connectivity index (χ3v) is 5.98. The van der Waals surface area contributed by atoms with E-state index in [4.69, 9.17) is 4.98 Å². The van der Waals surface area contributed by atoms with Gasteiger partial charge in [-0.25, -0.2) is 4.98 Å². The first kappa shape index (κ1) is 17.2. The average molecular weight is 359 g/mol. The van der Waals surface area contributed by atoms with Crippen LogP contribution in [0.5, 0.6) is 0 Å². The molecule has 3 nitrogen and oxygen atoms in total. The lowest BCUT2D eigenvalue weighted by Crippen LogP contribution is -2.22. The fraction of sp³-hybridized carbons (Fsp3) is 0.368. The molecule has 0 fully saturated rings. The standard InChI is InChI=1S/C19H22N2OS2/c1-4-5-9-21-18(22)16-8-10-23-17(16)20-19(21)24-12-15-11-13(2)6-7-14(15)3/h6-8,10-11H,4-5,9,12H2,1-3H3. The summed E-state index contributed by atoms with van der Waals surface area (Å²) >= 11 is 3.20. The summed E-state index contributed by atoms with van der Waals surface area (Å²) < 4.78 is 1.86. The van der Waals surface area contributed by atoms with Gasteiger partial charge in [-0.05, 0) is 42.8 Å². The van der Waals surface area contributed by atoms with Crippen molar-refractivity contribution in [3.8, 4) is 0 Å². The van der Waals surface area contributed by atoms with Crippen LogP contribution in [-0.4, -0.2) is 9.55 Å². The fourth-order valence-electron chi connectivity index (χ4n) is 2.65. The molecule has 24 heavy (non-hydrogen) atoms. The highest BCUT2D eigenvalue weighted by atomic mass is 32.2. The third kappa shape index (κ3) is 3.57. The molecule has 0 radical (unpaired) electrons. The summed E-state index contributed by atoms with van der Waals surface area (Å²) in [6.45, 7) is 7.13. The largest absolute Gasteiger partial charge is 0.287 e. The van der Waals surface area contributed by atoms with E-state index in [1.54, 1.807) is 11.8 Å². The molecule has 0 amide bonds. The van der Waals surface area contributed by atoms with Crippen LogP contribution in [0.3, 0.4) is 0 Å². The zero-order valence-electron chi connectivity index (χ0n) is 14.3. The van der Waals surface area contributed by atoms with Gasteiger partial charge in [0, 0.05) is 12.3 Å². The van der Waals surface area contributed by atoms with Crippen molar-refractivity contribution in [3.05, 3.63) is 56.7 Å². The molecule has 3 aromatic rings. The van der Waals surface area contributed by atoms with E-state index in [0.717, 1.165) is 40.5 Å². The maximum absolute atomic E-state index is 12.8. The molecule has 1 aromatic carbocycles. The van der Waals surface area contributed by atoms with Crippen LogP contribution in [0.15, 0.2) is 39.6 Å². The molecule has 5 heteroatoms. The number of benzene rings is 1. The van der Waals surface area contributed by atoms with Crippen LogP contribution < -0.4 is 5.56 Å². The normalized spacial score (nSPS) is 11.3. The summed E-state index contributed by atoms with van der Waals surface area (Å²) in [5.74, 6) is 0.836. The number of thiophene rings is 1. The number of aromatic nitrogens is 2. The lowest BCUT2D eigenvalue weighted by molar-refractivity contribution is 0.558. The molecule has 2 heterocycles. The summed E-state index contributed by atoms with van der Waals surface area (Å²) in [5, 5.41) is 3.53. The maximum Gasteiger partial charge on any atom is 0.262 e. The Morgan fingerprint density at radius 2 is 2.08 bits per heavy atom. The van der Waals surface area contributed by atoms with Crippen molar-refractivity contribution in [2.45, 2.75) is 51.1 Å². The van der Waals surface area contributed by atoms with Crippen LogP contribution in [-0.2, 0) is 12.3 Å². The van der Waals surface area contributed by atoms with E-state index in [-0.39, 0.29) is 5.56 Å². The van der Waals surface area contributed by atoms with Crippen LogP contribution in [0.25, 0.3) is 10.2 Å². The predicted molar refractivity (Wildman–Crippen MR) is 104 cm³/mol. The van der Waals surface area contributed by atoms with Crippen LogP contribution in [0, 0.1) is 13.8 Å². The second-order valence-electron chi connectivity index (χ2n) is 6.06. The topological polar surface area (TPSA) is 34.9 Å². The molecule has 0 aliphatic rings. The van der Waals surface area contributed by atoms with Crippen LogP contribution in [0.1, 0.15) is 36.5 Å². The highest BCUT2D eigenvalue weighted by Gasteiger charge is 2.13. The molecule has 2 aromatic heterocycles. The molecule has 0 aliphatic heterocycles. The molecule has 0 unspecified atom stereocenters. The van der Waals surface area contributed by atoms with Crippen molar-refractivity contribution < 1.29 is 0 Å².